The zero-order valence-electron chi connectivity index (χ0n) is 11.0. The average molecular weight is 263 g/mol. The Kier molecular flexibility index (Phi) is 3.42. The number of pyridine rings is 1. The molecular formula is C13H17N3O3. The summed E-state index contributed by atoms with van der Waals surface area (Å²) >= 11 is 0. The lowest BCUT2D eigenvalue weighted by Crippen LogP contribution is -2.27. The van der Waals surface area contributed by atoms with Crippen molar-refractivity contribution in [3.05, 3.63) is 23.4 Å². The Labute approximate surface area is 111 Å². The average Bonchev–Trinajstić information content (AvgIpc) is 2.70. The highest BCUT2D eigenvalue weighted by Gasteiger charge is 2.36. The molecule has 0 aliphatic carbocycles. The van der Waals surface area contributed by atoms with Gasteiger partial charge in [-0.2, -0.15) is 0 Å². The van der Waals surface area contributed by atoms with E-state index in [0.717, 1.165) is 5.56 Å². The van der Waals surface area contributed by atoms with Gasteiger partial charge < -0.3 is 15.7 Å². The number of carbonyl (C=O) groups is 2. The molecule has 0 saturated carbocycles. The first-order chi connectivity index (χ1) is 8.91. The molecule has 19 heavy (non-hydrogen) atoms. The number of aromatic nitrogens is 1. The van der Waals surface area contributed by atoms with Crippen LogP contribution in [0.15, 0.2) is 12.3 Å². The number of nitrogens with zero attached hydrogens (tertiary/aromatic N) is 2. The molecule has 1 aliphatic heterocycles. The van der Waals surface area contributed by atoms with Crippen LogP contribution in [0, 0.1) is 18.8 Å². The maximum absolute atomic E-state index is 11.5. The summed E-state index contributed by atoms with van der Waals surface area (Å²) in [6, 6.07) is 1.72. The second kappa shape index (κ2) is 4.87. The summed E-state index contributed by atoms with van der Waals surface area (Å²) in [5.74, 6) is -1.29. The Morgan fingerprint density at radius 1 is 1.47 bits per heavy atom. The standard InChI is InChI=1S/C13H17N3O3/c1-7-3-4-15-12(10(7)11(14)17)16-5-8(2)9(6-16)13(18)19/h3-4,8-9H,5-6H2,1-2H3,(H2,14,17)(H,18,19)/t8-,9-/m1/s1. The molecule has 0 aromatic carbocycles. The van der Waals surface area contributed by atoms with E-state index in [0.29, 0.717) is 24.5 Å². The third kappa shape index (κ3) is 2.38. The monoisotopic (exact) mass is 263 g/mol. The summed E-state index contributed by atoms with van der Waals surface area (Å²) in [5.41, 5.74) is 6.52. The quantitative estimate of drug-likeness (QED) is 0.834. The zero-order valence-corrected chi connectivity index (χ0v) is 11.0. The number of carbonyl (C=O) groups excluding carboxylic acids is 1. The van der Waals surface area contributed by atoms with E-state index in [1.54, 1.807) is 19.2 Å². The van der Waals surface area contributed by atoms with Gasteiger partial charge in [0.15, 0.2) is 0 Å². The Morgan fingerprint density at radius 3 is 2.68 bits per heavy atom. The highest BCUT2D eigenvalue weighted by molar-refractivity contribution is 5.99. The number of nitrogens with two attached hydrogens (primary N) is 1. The summed E-state index contributed by atoms with van der Waals surface area (Å²) in [7, 11) is 0. The molecular weight excluding hydrogens is 246 g/mol. The minimum absolute atomic E-state index is 0.0144. The molecule has 1 aliphatic rings. The van der Waals surface area contributed by atoms with Gasteiger partial charge in [-0.3, -0.25) is 9.59 Å². The lowest BCUT2D eigenvalue weighted by molar-refractivity contribution is -0.142. The van der Waals surface area contributed by atoms with E-state index < -0.39 is 17.8 Å². The highest BCUT2D eigenvalue weighted by Crippen LogP contribution is 2.30. The molecule has 1 amide bonds. The summed E-state index contributed by atoms with van der Waals surface area (Å²) < 4.78 is 0. The van der Waals surface area contributed by atoms with Crippen LogP contribution >= 0.6 is 0 Å². The van der Waals surface area contributed by atoms with E-state index in [9.17, 15) is 9.59 Å². The lowest BCUT2D eigenvalue weighted by Gasteiger charge is -2.20. The molecule has 0 spiro atoms. The highest BCUT2D eigenvalue weighted by atomic mass is 16.4. The van der Waals surface area contributed by atoms with Crippen molar-refractivity contribution in [1.29, 1.82) is 0 Å². The second-order valence-electron chi connectivity index (χ2n) is 5.02. The number of hydrogen-bond donors (Lipinski definition) is 2. The maximum atomic E-state index is 11.5. The molecule has 2 atom stereocenters. The fraction of sp³-hybridized carbons (Fsp3) is 0.462. The van der Waals surface area contributed by atoms with Gasteiger partial charge in [0.05, 0.1) is 11.5 Å². The Bertz CT molecular complexity index is 530. The molecule has 0 radical (unpaired) electrons. The fourth-order valence-corrected chi connectivity index (χ4v) is 2.55. The van der Waals surface area contributed by atoms with Crippen LogP contribution in [0.5, 0.6) is 0 Å². The van der Waals surface area contributed by atoms with Crippen molar-refractivity contribution in [2.24, 2.45) is 17.6 Å². The van der Waals surface area contributed by atoms with Gasteiger partial charge in [-0.05, 0) is 24.5 Å². The molecule has 0 bridgehead atoms. The van der Waals surface area contributed by atoms with Crippen LogP contribution in [0.3, 0.4) is 0 Å². The van der Waals surface area contributed by atoms with Crippen molar-refractivity contribution < 1.29 is 14.7 Å². The SMILES string of the molecule is Cc1ccnc(N2C[C@@H](C)[C@H](C(=O)O)C2)c1C(N)=O. The minimum atomic E-state index is -0.816. The van der Waals surface area contributed by atoms with Crippen LogP contribution in [-0.4, -0.2) is 35.1 Å². The van der Waals surface area contributed by atoms with Crippen LogP contribution in [-0.2, 0) is 4.79 Å². The molecule has 0 unspecified atom stereocenters. The van der Waals surface area contributed by atoms with Crippen molar-refractivity contribution in [3.8, 4) is 0 Å². The van der Waals surface area contributed by atoms with Gasteiger partial charge in [0.2, 0.25) is 0 Å². The van der Waals surface area contributed by atoms with Gasteiger partial charge in [0.1, 0.15) is 5.82 Å². The molecule has 6 heteroatoms. The summed E-state index contributed by atoms with van der Waals surface area (Å²) in [5, 5.41) is 9.14. The van der Waals surface area contributed by atoms with Crippen LogP contribution in [0.1, 0.15) is 22.8 Å². The predicted molar refractivity (Wildman–Crippen MR) is 70.0 cm³/mol. The van der Waals surface area contributed by atoms with E-state index in [-0.39, 0.29) is 5.92 Å². The number of anilines is 1. The minimum Gasteiger partial charge on any atom is -0.481 e. The molecule has 2 rings (SSSR count). The van der Waals surface area contributed by atoms with E-state index in [1.165, 1.54) is 0 Å². The number of aryl methyl sites for hydroxylation is 1. The van der Waals surface area contributed by atoms with Gasteiger partial charge in [0.25, 0.3) is 5.91 Å². The molecule has 3 N–H and O–H groups in total. The second-order valence-corrected chi connectivity index (χ2v) is 5.02. The maximum Gasteiger partial charge on any atom is 0.308 e. The molecule has 102 valence electrons. The molecule has 6 nitrogen and oxygen atoms in total. The largest absolute Gasteiger partial charge is 0.481 e. The molecule has 2 heterocycles. The first-order valence-corrected chi connectivity index (χ1v) is 6.15. The summed E-state index contributed by atoms with van der Waals surface area (Å²) in [4.78, 5) is 28.7. The van der Waals surface area contributed by atoms with E-state index >= 15 is 0 Å². The normalized spacial score (nSPS) is 22.5. The number of amides is 1. The first-order valence-electron chi connectivity index (χ1n) is 6.15. The van der Waals surface area contributed by atoms with Gasteiger partial charge in [-0.1, -0.05) is 6.92 Å². The molecule has 1 aromatic rings. The van der Waals surface area contributed by atoms with Crippen LogP contribution in [0.25, 0.3) is 0 Å². The van der Waals surface area contributed by atoms with E-state index in [2.05, 4.69) is 4.98 Å². The number of hydrogen-bond acceptors (Lipinski definition) is 4. The predicted octanol–water partition coefficient (Wildman–Crippen LogP) is 0.646. The lowest BCUT2D eigenvalue weighted by atomic mass is 9.99. The zero-order chi connectivity index (χ0) is 14.2. The van der Waals surface area contributed by atoms with Crippen molar-refractivity contribution in [3.63, 3.8) is 0 Å². The van der Waals surface area contributed by atoms with E-state index in [4.69, 9.17) is 10.8 Å². The summed E-state index contributed by atoms with van der Waals surface area (Å²) in [6.07, 6.45) is 1.61. The number of aliphatic carboxylic acids is 1. The van der Waals surface area contributed by atoms with Crippen molar-refractivity contribution in [2.45, 2.75) is 13.8 Å². The molecule has 1 aromatic heterocycles. The number of carboxylic acid groups (broad SMARTS) is 1. The Balaban J connectivity index is 2.37. The van der Waals surface area contributed by atoms with Gasteiger partial charge in [-0.15, -0.1) is 0 Å². The fourth-order valence-electron chi connectivity index (χ4n) is 2.55. The van der Waals surface area contributed by atoms with E-state index in [1.807, 2.05) is 11.8 Å². The third-order valence-corrected chi connectivity index (χ3v) is 3.61. The number of rotatable bonds is 3. The number of carboxylic acids is 1. The Morgan fingerprint density at radius 2 is 2.16 bits per heavy atom. The van der Waals surface area contributed by atoms with Gasteiger partial charge >= 0.3 is 5.97 Å². The third-order valence-electron chi connectivity index (χ3n) is 3.61. The first kappa shape index (κ1) is 13.3. The molecule has 1 fully saturated rings. The van der Waals surface area contributed by atoms with Crippen LogP contribution in [0.2, 0.25) is 0 Å². The Hall–Kier alpha value is -2.11. The topological polar surface area (TPSA) is 96.5 Å². The smallest absolute Gasteiger partial charge is 0.308 e. The van der Waals surface area contributed by atoms with Crippen molar-refractivity contribution >= 4 is 17.7 Å². The van der Waals surface area contributed by atoms with Gasteiger partial charge in [0, 0.05) is 19.3 Å². The van der Waals surface area contributed by atoms with Gasteiger partial charge in [-0.25, -0.2) is 4.98 Å². The van der Waals surface area contributed by atoms with Crippen LogP contribution in [0.4, 0.5) is 5.82 Å². The van der Waals surface area contributed by atoms with Crippen molar-refractivity contribution in [1.82, 2.24) is 4.98 Å². The molecule has 1 saturated heterocycles. The van der Waals surface area contributed by atoms with Crippen LogP contribution < -0.4 is 10.6 Å². The number of primary amides is 1. The summed E-state index contributed by atoms with van der Waals surface area (Å²) in [6.45, 7) is 4.60. The van der Waals surface area contributed by atoms with Crippen molar-refractivity contribution in [2.75, 3.05) is 18.0 Å².